The van der Waals surface area contributed by atoms with E-state index in [-0.39, 0.29) is 5.91 Å². The number of rotatable bonds is 7. The summed E-state index contributed by atoms with van der Waals surface area (Å²) in [5.74, 6) is 0.463. The normalized spacial score (nSPS) is 10.3. The molecule has 0 saturated carbocycles. The fourth-order valence-electron chi connectivity index (χ4n) is 2.04. The number of ether oxygens (including phenoxy) is 1. The van der Waals surface area contributed by atoms with Crippen LogP contribution in [0.5, 0.6) is 0 Å². The number of nitrogens with one attached hydrogen (secondary N) is 1. The zero-order chi connectivity index (χ0) is 15.8. The summed E-state index contributed by atoms with van der Waals surface area (Å²) < 4.78 is 4.97. The van der Waals surface area contributed by atoms with Crippen LogP contribution < -0.4 is 10.2 Å². The van der Waals surface area contributed by atoms with Crippen molar-refractivity contribution in [1.29, 1.82) is 0 Å². The minimum absolute atomic E-state index is 0.147. The maximum absolute atomic E-state index is 12.6. The van der Waals surface area contributed by atoms with Crippen molar-refractivity contribution in [3.05, 3.63) is 48.4 Å². The summed E-state index contributed by atoms with van der Waals surface area (Å²) in [4.78, 5) is 22.5. The molecular formula is C16H20N4O2. The molecule has 0 fully saturated rings. The Morgan fingerprint density at radius 1 is 1.27 bits per heavy atom. The molecule has 0 unspecified atom stereocenters. The Hall–Kier alpha value is -2.47. The van der Waals surface area contributed by atoms with E-state index < -0.39 is 0 Å². The molecule has 1 aromatic carbocycles. The highest BCUT2D eigenvalue weighted by molar-refractivity contribution is 6.05. The van der Waals surface area contributed by atoms with Gasteiger partial charge in [-0.25, -0.2) is 9.97 Å². The molecule has 0 aliphatic rings. The summed E-state index contributed by atoms with van der Waals surface area (Å²) in [5, 5.41) is 3.09. The number of carbonyl (C=O) groups is 1. The molecule has 0 aliphatic carbocycles. The van der Waals surface area contributed by atoms with Crippen LogP contribution in [-0.4, -0.2) is 42.7 Å². The first kappa shape index (κ1) is 15.9. The minimum Gasteiger partial charge on any atom is -0.383 e. The van der Waals surface area contributed by atoms with E-state index in [4.69, 9.17) is 4.74 Å². The van der Waals surface area contributed by atoms with Crippen LogP contribution in [0, 0.1) is 0 Å². The predicted octanol–water partition coefficient (Wildman–Crippen LogP) is 2.20. The van der Waals surface area contributed by atoms with E-state index in [1.807, 2.05) is 37.3 Å². The zero-order valence-corrected chi connectivity index (χ0v) is 12.8. The van der Waals surface area contributed by atoms with Gasteiger partial charge in [0.2, 0.25) is 0 Å². The summed E-state index contributed by atoms with van der Waals surface area (Å²) >= 11 is 0. The number of carbonyl (C=O) groups excluding carboxylic acids is 1. The number of nitrogens with zero attached hydrogens (tertiary/aromatic N) is 3. The molecule has 1 amide bonds. The van der Waals surface area contributed by atoms with Crippen LogP contribution in [0.1, 0.15) is 17.4 Å². The molecule has 0 bridgehead atoms. The Bertz CT molecular complexity index is 604. The highest BCUT2D eigenvalue weighted by atomic mass is 16.5. The molecule has 1 heterocycles. The van der Waals surface area contributed by atoms with Gasteiger partial charge in [-0.3, -0.25) is 4.79 Å². The van der Waals surface area contributed by atoms with Gasteiger partial charge in [-0.2, -0.15) is 0 Å². The highest BCUT2D eigenvalue weighted by Gasteiger charge is 2.17. The standard InChI is InChI=1S/C16H20N4O2/c1-3-20(13-7-5-4-6-8-13)16(21)14-11-15(19-12-18-14)17-9-10-22-2/h4-8,11-12H,3,9-10H2,1-2H3,(H,17,18,19). The minimum atomic E-state index is -0.147. The van der Waals surface area contributed by atoms with Gasteiger partial charge in [0.1, 0.15) is 17.8 Å². The monoisotopic (exact) mass is 300 g/mol. The summed E-state index contributed by atoms with van der Waals surface area (Å²) in [5.41, 5.74) is 1.21. The molecule has 0 atom stereocenters. The van der Waals surface area contributed by atoms with Crippen LogP contribution >= 0.6 is 0 Å². The van der Waals surface area contributed by atoms with Crippen LogP contribution in [0.2, 0.25) is 0 Å². The molecule has 0 radical (unpaired) electrons. The molecule has 2 rings (SSSR count). The third kappa shape index (κ3) is 4.02. The van der Waals surface area contributed by atoms with Gasteiger partial charge in [-0.1, -0.05) is 18.2 Å². The first-order valence-corrected chi connectivity index (χ1v) is 7.18. The van der Waals surface area contributed by atoms with Crippen LogP contribution in [-0.2, 0) is 4.74 Å². The lowest BCUT2D eigenvalue weighted by Crippen LogP contribution is -2.31. The van der Waals surface area contributed by atoms with E-state index in [9.17, 15) is 4.79 Å². The van der Waals surface area contributed by atoms with Crippen molar-refractivity contribution in [3.63, 3.8) is 0 Å². The second-order valence-corrected chi connectivity index (χ2v) is 4.59. The third-order valence-corrected chi connectivity index (χ3v) is 3.13. The van der Waals surface area contributed by atoms with Crippen LogP contribution in [0.3, 0.4) is 0 Å². The Kier molecular flexibility index (Phi) is 5.85. The van der Waals surface area contributed by atoms with Crippen LogP contribution in [0.15, 0.2) is 42.7 Å². The maximum Gasteiger partial charge on any atom is 0.277 e. The third-order valence-electron chi connectivity index (χ3n) is 3.13. The Morgan fingerprint density at radius 2 is 2.05 bits per heavy atom. The second kappa shape index (κ2) is 8.09. The molecule has 116 valence electrons. The molecule has 1 N–H and O–H groups in total. The van der Waals surface area contributed by atoms with Crippen molar-refractivity contribution in [2.45, 2.75) is 6.92 Å². The van der Waals surface area contributed by atoms with Gasteiger partial charge in [0, 0.05) is 32.0 Å². The smallest absolute Gasteiger partial charge is 0.277 e. The van der Waals surface area contributed by atoms with Gasteiger partial charge in [0.25, 0.3) is 5.91 Å². The number of amides is 1. The average molecular weight is 300 g/mol. The van der Waals surface area contributed by atoms with E-state index in [1.54, 1.807) is 18.1 Å². The number of methoxy groups -OCH3 is 1. The van der Waals surface area contributed by atoms with Gasteiger partial charge < -0.3 is 15.0 Å². The van der Waals surface area contributed by atoms with E-state index in [0.29, 0.717) is 31.2 Å². The fourth-order valence-corrected chi connectivity index (χ4v) is 2.04. The number of hydrogen-bond acceptors (Lipinski definition) is 5. The van der Waals surface area contributed by atoms with Crippen molar-refractivity contribution >= 4 is 17.4 Å². The molecule has 22 heavy (non-hydrogen) atoms. The van der Waals surface area contributed by atoms with E-state index in [2.05, 4.69) is 15.3 Å². The number of benzene rings is 1. The molecule has 0 aliphatic heterocycles. The van der Waals surface area contributed by atoms with Gasteiger partial charge in [0.15, 0.2) is 0 Å². The molecular weight excluding hydrogens is 280 g/mol. The molecule has 2 aromatic rings. The lowest BCUT2D eigenvalue weighted by atomic mass is 10.2. The summed E-state index contributed by atoms with van der Waals surface area (Å²) in [6, 6.07) is 11.2. The van der Waals surface area contributed by atoms with Crippen molar-refractivity contribution in [2.24, 2.45) is 0 Å². The van der Waals surface area contributed by atoms with E-state index in [1.165, 1.54) is 6.33 Å². The molecule has 6 nitrogen and oxygen atoms in total. The largest absolute Gasteiger partial charge is 0.383 e. The SMILES string of the molecule is CCN(C(=O)c1cc(NCCOC)ncn1)c1ccccc1. The van der Waals surface area contributed by atoms with Crippen molar-refractivity contribution < 1.29 is 9.53 Å². The van der Waals surface area contributed by atoms with E-state index in [0.717, 1.165) is 5.69 Å². The van der Waals surface area contributed by atoms with Gasteiger partial charge >= 0.3 is 0 Å². The Balaban J connectivity index is 2.15. The molecule has 1 aromatic heterocycles. The molecule has 6 heteroatoms. The summed E-state index contributed by atoms with van der Waals surface area (Å²) in [6.45, 7) is 3.69. The zero-order valence-electron chi connectivity index (χ0n) is 12.8. The Labute approximate surface area is 130 Å². The highest BCUT2D eigenvalue weighted by Crippen LogP contribution is 2.16. The van der Waals surface area contributed by atoms with Crippen LogP contribution in [0.25, 0.3) is 0 Å². The maximum atomic E-state index is 12.6. The number of hydrogen-bond donors (Lipinski definition) is 1. The van der Waals surface area contributed by atoms with Crippen molar-refractivity contribution in [3.8, 4) is 0 Å². The fraction of sp³-hybridized carbons (Fsp3) is 0.312. The van der Waals surface area contributed by atoms with Crippen LogP contribution in [0.4, 0.5) is 11.5 Å². The van der Waals surface area contributed by atoms with Gasteiger partial charge in [-0.15, -0.1) is 0 Å². The lowest BCUT2D eigenvalue weighted by Gasteiger charge is -2.20. The average Bonchev–Trinajstić information content (AvgIpc) is 2.57. The second-order valence-electron chi connectivity index (χ2n) is 4.59. The number of anilines is 2. The van der Waals surface area contributed by atoms with Gasteiger partial charge in [0.05, 0.1) is 6.61 Å². The quantitative estimate of drug-likeness (QED) is 0.794. The van der Waals surface area contributed by atoms with Crippen molar-refractivity contribution in [2.75, 3.05) is 37.0 Å². The predicted molar refractivity (Wildman–Crippen MR) is 86.2 cm³/mol. The first-order chi connectivity index (χ1) is 10.8. The van der Waals surface area contributed by atoms with E-state index >= 15 is 0 Å². The number of para-hydroxylation sites is 1. The molecule has 0 saturated heterocycles. The van der Waals surface area contributed by atoms with Crippen molar-refractivity contribution in [1.82, 2.24) is 9.97 Å². The summed E-state index contributed by atoms with van der Waals surface area (Å²) in [6.07, 6.45) is 1.39. The Morgan fingerprint density at radius 3 is 2.73 bits per heavy atom. The van der Waals surface area contributed by atoms with Gasteiger partial charge in [-0.05, 0) is 19.1 Å². The number of aromatic nitrogens is 2. The lowest BCUT2D eigenvalue weighted by molar-refractivity contribution is 0.0983. The molecule has 0 spiro atoms. The topological polar surface area (TPSA) is 67.4 Å². The summed E-state index contributed by atoms with van der Waals surface area (Å²) in [7, 11) is 1.63. The first-order valence-electron chi connectivity index (χ1n) is 7.18.